The van der Waals surface area contributed by atoms with Crippen LogP contribution in [0.25, 0.3) is 10.8 Å². The highest BCUT2D eigenvalue weighted by Crippen LogP contribution is 2.37. The number of anilines is 1. The number of benzene rings is 3. The zero-order chi connectivity index (χ0) is 21.1. The zero-order valence-corrected chi connectivity index (χ0v) is 16.3. The molecule has 4 rings (SSSR count). The van der Waals surface area contributed by atoms with Gasteiger partial charge in [-0.1, -0.05) is 42.5 Å². The van der Waals surface area contributed by atoms with E-state index in [1.165, 1.54) is 19.1 Å². The molecule has 0 saturated carbocycles. The van der Waals surface area contributed by atoms with Gasteiger partial charge in [0.1, 0.15) is 0 Å². The number of fused-ring (bicyclic) bond motifs is 2. The minimum absolute atomic E-state index is 0.0514. The molecule has 0 aliphatic carbocycles. The van der Waals surface area contributed by atoms with E-state index < -0.39 is 18.5 Å². The van der Waals surface area contributed by atoms with Crippen LogP contribution in [0.4, 0.5) is 5.69 Å². The van der Waals surface area contributed by atoms with Crippen LogP contribution >= 0.6 is 0 Å². The monoisotopic (exact) mass is 405 g/mol. The lowest BCUT2D eigenvalue weighted by Gasteiger charge is -2.11. The van der Waals surface area contributed by atoms with Gasteiger partial charge >= 0.3 is 5.97 Å². The average molecular weight is 405 g/mol. The van der Waals surface area contributed by atoms with E-state index in [1.54, 1.807) is 0 Å². The third-order valence-electron chi connectivity index (χ3n) is 4.75. The lowest BCUT2D eigenvalue weighted by Crippen LogP contribution is -2.22. The number of rotatable bonds is 6. The van der Waals surface area contributed by atoms with E-state index in [1.807, 2.05) is 42.5 Å². The minimum atomic E-state index is -0.553. The third kappa shape index (κ3) is 4.10. The molecular formula is C23H19NO6. The highest BCUT2D eigenvalue weighted by molar-refractivity contribution is 6.05. The molecule has 1 amide bonds. The van der Waals surface area contributed by atoms with Crippen molar-refractivity contribution in [2.75, 3.05) is 18.7 Å². The molecule has 1 aliphatic rings. The summed E-state index contributed by atoms with van der Waals surface area (Å²) in [4.78, 5) is 36.4. The quantitative estimate of drug-likeness (QED) is 0.499. The van der Waals surface area contributed by atoms with Gasteiger partial charge in [0.2, 0.25) is 6.79 Å². The van der Waals surface area contributed by atoms with Crippen LogP contribution in [-0.2, 0) is 20.7 Å². The van der Waals surface area contributed by atoms with Crippen molar-refractivity contribution in [3.63, 3.8) is 0 Å². The van der Waals surface area contributed by atoms with Crippen LogP contribution in [0.3, 0.4) is 0 Å². The molecule has 1 heterocycles. The highest BCUT2D eigenvalue weighted by atomic mass is 16.7. The predicted octanol–water partition coefficient (Wildman–Crippen LogP) is 3.50. The number of ketones is 1. The SMILES string of the molecule is CC(=O)c1cc2c(cc1NC(=O)COC(=O)Cc1cccc3ccccc13)OCO2. The molecule has 1 N–H and O–H groups in total. The first kappa shape index (κ1) is 19.4. The smallest absolute Gasteiger partial charge is 0.310 e. The molecule has 3 aromatic rings. The second-order valence-electron chi connectivity index (χ2n) is 6.83. The van der Waals surface area contributed by atoms with Crippen molar-refractivity contribution in [3.05, 3.63) is 65.7 Å². The summed E-state index contributed by atoms with van der Waals surface area (Å²) < 4.78 is 15.7. The molecule has 0 unspecified atom stereocenters. The van der Waals surface area contributed by atoms with Crippen LogP contribution in [0.2, 0.25) is 0 Å². The Labute approximate surface area is 172 Å². The van der Waals surface area contributed by atoms with Crippen LogP contribution in [0, 0.1) is 0 Å². The number of hydrogen-bond acceptors (Lipinski definition) is 6. The first-order valence-corrected chi connectivity index (χ1v) is 9.38. The summed E-state index contributed by atoms with van der Waals surface area (Å²) >= 11 is 0. The summed E-state index contributed by atoms with van der Waals surface area (Å²) in [6, 6.07) is 16.5. The highest BCUT2D eigenvalue weighted by Gasteiger charge is 2.21. The third-order valence-corrected chi connectivity index (χ3v) is 4.75. The summed E-state index contributed by atoms with van der Waals surface area (Å²) in [6.07, 6.45) is 0.0529. The van der Waals surface area contributed by atoms with E-state index in [2.05, 4.69) is 5.32 Å². The fraction of sp³-hybridized carbons (Fsp3) is 0.174. The number of ether oxygens (including phenoxy) is 3. The fourth-order valence-electron chi connectivity index (χ4n) is 3.32. The number of nitrogens with one attached hydrogen (secondary N) is 1. The second-order valence-corrected chi connectivity index (χ2v) is 6.83. The molecule has 0 saturated heterocycles. The molecule has 0 aromatic heterocycles. The number of hydrogen-bond donors (Lipinski definition) is 1. The van der Waals surface area contributed by atoms with Gasteiger partial charge in [-0.2, -0.15) is 0 Å². The fourth-order valence-corrected chi connectivity index (χ4v) is 3.32. The van der Waals surface area contributed by atoms with Crippen molar-refractivity contribution in [1.82, 2.24) is 0 Å². The van der Waals surface area contributed by atoms with Crippen molar-refractivity contribution in [2.45, 2.75) is 13.3 Å². The Morgan fingerprint density at radius 3 is 2.53 bits per heavy atom. The number of carbonyl (C=O) groups excluding carboxylic acids is 3. The van der Waals surface area contributed by atoms with Crippen molar-refractivity contribution < 1.29 is 28.6 Å². The van der Waals surface area contributed by atoms with Crippen LogP contribution in [0.1, 0.15) is 22.8 Å². The van der Waals surface area contributed by atoms with E-state index in [9.17, 15) is 14.4 Å². The summed E-state index contributed by atoms with van der Waals surface area (Å²) in [7, 11) is 0. The summed E-state index contributed by atoms with van der Waals surface area (Å²) in [5.74, 6) is -0.430. The first-order valence-electron chi connectivity index (χ1n) is 9.38. The predicted molar refractivity (Wildman–Crippen MR) is 110 cm³/mol. The Morgan fingerprint density at radius 1 is 1.00 bits per heavy atom. The molecule has 152 valence electrons. The van der Waals surface area contributed by atoms with Gasteiger partial charge in [-0.25, -0.2) is 0 Å². The van der Waals surface area contributed by atoms with Crippen molar-refractivity contribution >= 4 is 34.1 Å². The van der Waals surface area contributed by atoms with Gasteiger partial charge in [-0.3, -0.25) is 14.4 Å². The van der Waals surface area contributed by atoms with Gasteiger partial charge in [0.05, 0.1) is 12.1 Å². The minimum Gasteiger partial charge on any atom is -0.455 e. The number of Topliss-reactive ketones (excluding diaryl/α,β-unsaturated/α-hetero) is 1. The van der Waals surface area contributed by atoms with E-state index >= 15 is 0 Å². The molecule has 1 aliphatic heterocycles. The van der Waals surface area contributed by atoms with Crippen molar-refractivity contribution in [1.29, 1.82) is 0 Å². The largest absolute Gasteiger partial charge is 0.455 e. The van der Waals surface area contributed by atoms with Crippen LogP contribution < -0.4 is 14.8 Å². The Balaban J connectivity index is 1.39. The Kier molecular flexibility index (Phi) is 5.34. The zero-order valence-electron chi connectivity index (χ0n) is 16.3. The number of amides is 1. The average Bonchev–Trinajstić information content (AvgIpc) is 3.19. The molecule has 7 heteroatoms. The van der Waals surface area contributed by atoms with Crippen LogP contribution in [-0.4, -0.2) is 31.1 Å². The van der Waals surface area contributed by atoms with Crippen LogP contribution in [0.5, 0.6) is 11.5 Å². The molecule has 30 heavy (non-hydrogen) atoms. The lowest BCUT2D eigenvalue weighted by molar-refractivity contribution is -0.146. The van der Waals surface area contributed by atoms with E-state index in [0.29, 0.717) is 11.5 Å². The molecule has 3 aromatic carbocycles. The van der Waals surface area contributed by atoms with Gasteiger partial charge in [0.15, 0.2) is 23.9 Å². The molecule has 7 nitrogen and oxygen atoms in total. The van der Waals surface area contributed by atoms with E-state index in [-0.39, 0.29) is 30.2 Å². The second kappa shape index (κ2) is 8.24. The Morgan fingerprint density at radius 2 is 1.73 bits per heavy atom. The number of carbonyl (C=O) groups is 3. The van der Waals surface area contributed by atoms with E-state index in [0.717, 1.165) is 16.3 Å². The molecule has 0 radical (unpaired) electrons. The Bertz CT molecular complexity index is 1150. The normalized spacial score (nSPS) is 11.9. The van der Waals surface area contributed by atoms with Crippen LogP contribution in [0.15, 0.2) is 54.6 Å². The molecule has 0 bridgehead atoms. The maximum absolute atomic E-state index is 12.3. The van der Waals surface area contributed by atoms with Gasteiger partial charge in [0.25, 0.3) is 5.91 Å². The molecule has 0 spiro atoms. The molecular weight excluding hydrogens is 386 g/mol. The topological polar surface area (TPSA) is 90.9 Å². The van der Waals surface area contributed by atoms with Crippen molar-refractivity contribution in [2.24, 2.45) is 0 Å². The number of esters is 1. The maximum Gasteiger partial charge on any atom is 0.310 e. The van der Waals surface area contributed by atoms with Gasteiger partial charge in [-0.05, 0) is 29.3 Å². The molecule has 0 atom stereocenters. The Hall–Kier alpha value is -3.87. The standard InChI is InChI=1S/C23H19NO6/c1-14(25)18-10-20-21(30-13-29-20)11-19(18)24-22(26)12-28-23(27)9-16-7-4-6-15-5-2-3-8-17(15)16/h2-8,10-11H,9,12-13H2,1H3,(H,24,26). The van der Waals surface area contributed by atoms with Crippen molar-refractivity contribution in [3.8, 4) is 11.5 Å². The first-order chi connectivity index (χ1) is 14.5. The molecule has 0 fully saturated rings. The van der Waals surface area contributed by atoms with Gasteiger partial charge < -0.3 is 19.5 Å². The van der Waals surface area contributed by atoms with E-state index in [4.69, 9.17) is 14.2 Å². The summed E-state index contributed by atoms with van der Waals surface area (Å²) in [6.45, 7) is 0.975. The van der Waals surface area contributed by atoms with Gasteiger partial charge in [0, 0.05) is 11.6 Å². The lowest BCUT2D eigenvalue weighted by atomic mass is 10.0. The summed E-state index contributed by atoms with van der Waals surface area (Å²) in [5, 5.41) is 4.59. The summed E-state index contributed by atoms with van der Waals surface area (Å²) in [5.41, 5.74) is 1.39. The maximum atomic E-state index is 12.3. The van der Waals surface area contributed by atoms with Gasteiger partial charge in [-0.15, -0.1) is 0 Å².